The van der Waals surface area contributed by atoms with Gasteiger partial charge in [0.25, 0.3) is 5.69 Å². The van der Waals surface area contributed by atoms with Crippen molar-refractivity contribution in [3.63, 3.8) is 0 Å². The van der Waals surface area contributed by atoms with Crippen LogP contribution >= 0.6 is 11.8 Å². The highest BCUT2D eigenvalue weighted by Crippen LogP contribution is 2.40. The number of nitrogens with zero attached hydrogens (tertiary/aromatic N) is 4. The van der Waals surface area contributed by atoms with Gasteiger partial charge in [-0.2, -0.15) is 0 Å². The first-order valence-electron chi connectivity index (χ1n) is 8.25. The number of nitro groups is 1. The second kappa shape index (κ2) is 7.69. The normalized spacial score (nSPS) is 14.7. The summed E-state index contributed by atoms with van der Waals surface area (Å²) in [6.45, 7) is 6.13. The van der Waals surface area contributed by atoms with Crippen molar-refractivity contribution in [2.75, 3.05) is 5.32 Å². The van der Waals surface area contributed by atoms with Crippen molar-refractivity contribution < 1.29 is 9.72 Å². The molecule has 1 fully saturated rings. The van der Waals surface area contributed by atoms with Crippen LogP contribution < -0.4 is 5.32 Å². The van der Waals surface area contributed by atoms with Gasteiger partial charge >= 0.3 is 0 Å². The van der Waals surface area contributed by atoms with Gasteiger partial charge in [0.15, 0.2) is 5.16 Å². The van der Waals surface area contributed by atoms with E-state index in [1.165, 1.54) is 30.0 Å². The molecule has 0 saturated heterocycles. The zero-order valence-corrected chi connectivity index (χ0v) is 15.1. The van der Waals surface area contributed by atoms with E-state index in [1.54, 1.807) is 19.1 Å². The topological polar surface area (TPSA) is 103 Å². The predicted octanol–water partition coefficient (Wildman–Crippen LogP) is 3.37. The quantitative estimate of drug-likeness (QED) is 0.329. The minimum atomic E-state index is -0.495. The van der Waals surface area contributed by atoms with Crippen molar-refractivity contribution in [3.05, 3.63) is 52.9 Å². The average molecular weight is 373 g/mol. The second-order valence-corrected chi connectivity index (χ2v) is 7.38. The first-order valence-corrected chi connectivity index (χ1v) is 9.13. The summed E-state index contributed by atoms with van der Waals surface area (Å²) in [5.74, 6) is 1.14. The number of allylic oxidation sites excluding steroid dienone is 1. The van der Waals surface area contributed by atoms with Crippen LogP contribution in [0.5, 0.6) is 0 Å². The van der Waals surface area contributed by atoms with Crippen LogP contribution in [-0.4, -0.2) is 30.8 Å². The number of amides is 1. The molecule has 1 aromatic heterocycles. The smallest absolute Gasteiger partial charge is 0.271 e. The molecule has 1 atom stereocenters. The minimum absolute atomic E-state index is 0.0668. The number of benzene rings is 1. The summed E-state index contributed by atoms with van der Waals surface area (Å²) >= 11 is 1.31. The molecule has 26 heavy (non-hydrogen) atoms. The fourth-order valence-electron chi connectivity index (χ4n) is 2.48. The van der Waals surface area contributed by atoms with Crippen molar-refractivity contribution in [2.24, 2.45) is 0 Å². The Hall–Kier alpha value is -2.68. The van der Waals surface area contributed by atoms with Crippen LogP contribution in [0, 0.1) is 10.1 Å². The van der Waals surface area contributed by atoms with Crippen LogP contribution in [0.1, 0.15) is 31.5 Å². The molecule has 1 saturated carbocycles. The number of nitro benzene ring substituents is 1. The van der Waals surface area contributed by atoms with E-state index in [-0.39, 0.29) is 11.6 Å². The molecule has 0 aliphatic heterocycles. The zero-order valence-electron chi connectivity index (χ0n) is 14.3. The van der Waals surface area contributed by atoms with Crippen LogP contribution in [0.4, 0.5) is 11.4 Å². The number of carbonyl (C=O) groups excluding carboxylic acids is 1. The molecule has 1 aliphatic rings. The van der Waals surface area contributed by atoms with E-state index in [0.29, 0.717) is 23.3 Å². The monoisotopic (exact) mass is 373 g/mol. The van der Waals surface area contributed by atoms with E-state index < -0.39 is 10.2 Å². The van der Waals surface area contributed by atoms with E-state index >= 15 is 0 Å². The molecule has 3 rings (SSSR count). The Bertz CT molecular complexity index is 847. The van der Waals surface area contributed by atoms with Gasteiger partial charge in [-0.3, -0.25) is 14.9 Å². The second-order valence-electron chi connectivity index (χ2n) is 6.07. The number of carbonyl (C=O) groups is 1. The molecule has 1 N–H and O–H groups in total. The number of hydrogen-bond donors (Lipinski definition) is 1. The highest BCUT2D eigenvalue weighted by Gasteiger charge is 2.31. The summed E-state index contributed by atoms with van der Waals surface area (Å²) in [5.41, 5.74) is 0.325. The number of nitrogens with one attached hydrogen (secondary N) is 1. The van der Waals surface area contributed by atoms with Crippen LogP contribution in [0.15, 0.2) is 42.1 Å². The molecule has 0 bridgehead atoms. The number of aromatic nitrogens is 3. The lowest BCUT2D eigenvalue weighted by atomic mass is 10.2. The van der Waals surface area contributed by atoms with Crippen molar-refractivity contribution >= 4 is 29.0 Å². The molecule has 1 heterocycles. The summed E-state index contributed by atoms with van der Waals surface area (Å²) in [6, 6.07) is 5.87. The third-order valence-electron chi connectivity index (χ3n) is 3.98. The number of anilines is 1. The van der Waals surface area contributed by atoms with Gasteiger partial charge in [-0.15, -0.1) is 16.8 Å². The highest BCUT2D eigenvalue weighted by molar-refractivity contribution is 8.00. The fraction of sp³-hybridized carbons (Fsp3) is 0.353. The van der Waals surface area contributed by atoms with E-state index in [1.807, 2.05) is 4.57 Å². The lowest BCUT2D eigenvalue weighted by Crippen LogP contribution is -2.23. The molecule has 9 heteroatoms. The molecule has 8 nitrogen and oxygen atoms in total. The van der Waals surface area contributed by atoms with Gasteiger partial charge in [0.05, 0.1) is 10.2 Å². The first-order chi connectivity index (χ1) is 12.5. The van der Waals surface area contributed by atoms with Gasteiger partial charge in [-0.1, -0.05) is 23.9 Å². The van der Waals surface area contributed by atoms with E-state index in [4.69, 9.17) is 0 Å². The van der Waals surface area contributed by atoms with Gasteiger partial charge in [-0.05, 0) is 25.8 Å². The Morgan fingerprint density at radius 2 is 2.31 bits per heavy atom. The minimum Gasteiger partial charge on any atom is -0.325 e. The number of hydrogen-bond acceptors (Lipinski definition) is 6. The van der Waals surface area contributed by atoms with Gasteiger partial charge in [-0.25, -0.2) is 0 Å². The van der Waals surface area contributed by atoms with E-state index in [9.17, 15) is 14.9 Å². The molecule has 2 aromatic rings. The standard InChI is InChI=1S/C17H19N5O3S/c1-3-9-21-15(12-7-8-12)19-20-17(21)26-11(2)16(23)18-13-5-4-6-14(10-13)22(24)25/h3-6,10-12H,1,7-9H2,2H3,(H,18,23). The Morgan fingerprint density at radius 1 is 1.54 bits per heavy atom. The largest absolute Gasteiger partial charge is 0.325 e. The highest BCUT2D eigenvalue weighted by atomic mass is 32.2. The fourth-order valence-corrected chi connectivity index (χ4v) is 3.35. The van der Waals surface area contributed by atoms with Gasteiger partial charge in [0, 0.05) is 30.3 Å². The molecule has 1 aromatic carbocycles. The molecule has 1 unspecified atom stereocenters. The van der Waals surface area contributed by atoms with Gasteiger partial charge in [0.1, 0.15) is 5.82 Å². The van der Waals surface area contributed by atoms with Crippen molar-refractivity contribution in [3.8, 4) is 0 Å². The first kappa shape index (κ1) is 18.1. The molecule has 0 spiro atoms. The number of rotatable bonds is 8. The summed E-state index contributed by atoms with van der Waals surface area (Å²) in [5, 5.41) is 22.3. The molecule has 1 aliphatic carbocycles. The Labute approximate surface area is 154 Å². The molecule has 0 radical (unpaired) electrons. The molecule has 1 amide bonds. The Kier molecular flexibility index (Phi) is 5.36. The Morgan fingerprint density at radius 3 is 2.96 bits per heavy atom. The zero-order chi connectivity index (χ0) is 18.7. The van der Waals surface area contributed by atoms with Crippen molar-refractivity contribution in [1.29, 1.82) is 0 Å². The van der Waals surface area contributed by atoms with E-state index in [2.05, 4.69) is 22.1 Å². The summed E-state index contributed by atoms with van der Waals surface area (Å²) in [6.07, 6.45) is 4.01. The lowest BCUT2D eigenvalue weighted by molar-refractivity contribution is -0.384. The van der Waals surface area contributed by atoms with E-state index in [0.717, 1.165) is 18.7 Å². The van der Waals surface area contributed by atoms with Crippen LogP contribution in [0.3, 0.4) is 0 Å². The average Bonchev–Trinajstić information content (AvgIpc) is 3.39. The van der Waals surface area contributed by atoms with Crippen LogP contribution in [0.2, 0.25) is 0 Å². The lowest BCUT2D eigenvalue weighted by Gasteiger charge is -2.12. The predicted molar refractivity (Wildman–Crippen MR) is 99.2 cm³/mol. The molecular formula is C17H19N5O3S. The number of thioether (sulfide) groups is 1. The molecule has 136 valence electrons. The third-order valence-corrected chi connectivity index (χ3v) is 5.06. The van der Waals surface area contributed by atoms with Crippen molar-refractivity contribution in [1.82, 2.24) is 14.8 Å². The van der Waals surface area contributed by atoms with Gasteiger partial charge in [0.2, 0.25) is 5.91 Å². The summed E-state index contributed by atoms with van der Waals surface area (Å²) in [7, 11) is 0. The van der Waals surface area contributed by atoms with Crippen LogP contribution in [0.25, 0.3) is 0 Å². The maximum atomic E-state index is 12.4. The summed E-state index contributed by atoms with van der Waals surface area (Å²) < 4.78 is 1.99. The van der Waals surface area contributed by atoms with Crippen molar-refractivity contribution in [2.45, 2.75) is 42.6 Å². The number of non-ortho nitro benzene ring substituents is 1. The van der Waals surface area contributed by atoms with Gasteiger partial charge < -0.3 is 9.88 Å². The Balaban J connectivity index is 1.69. The summed E-state index contributed by atoms with van der Waals surface area (Å²) in [4.78, 5) is 22.8. The third kappa shape index (κ3) is 4.10. The maximum Gasteiger partial charge on any atom is 0.271 e. The SMILES string of the molecule is C=CCn1c(SC(C)C(=O)Nc2cccc([N+](=O)[O-])c2)nnc1C1CC1. The molecular weight excluding hydrogens is 354 g/mol. The van der Waals surface area contributed by atoms with Crippen LogP contribution in [-0.2, 0) is 11.3 Å². The maximum absolute atomic E-state index is 12.4.